The number of aryl methyl sites for hydroxylation is 2. The first-order chi connectivity index (χ1) is 9.66. The van der Waals surface area contributed by atoms with Crippen LogP contribution in [0.5, 0.6) is 0 Å². The summed E-state index contributed by atoms with van der Waals surface area (Å²) in [6.07, 6.45) is 0.738. The quantitative estimate of drug-likeness (QED) is 0.810. The Morgan fingerprint density at radius 3 is 2.00 bits per heavy atom. The molecule has 2 N–H and O–H groups in total. The summed E-state index contributed by atoms with van der Waals surface area (Å²) in [5.41, 5.74) is 0.642. The molecule has 6 heteroatoms. The molecule has 0 unspecified atom stereocenters. The smallest absolute Gasteiger partial charge is 0.310 e. The van der Waals surface area contributed by atoms with Crippen molar-refractivity contribution in [3.05, 3.63) is 29.3 Å². The molecule has 0 aliphatic carbocycles. The fourth-order valence-corrected chi connectivity index (χ4v) is 3.60. The number of hydrogen-bond acceptors (Lipinski definition) is 3. The predicted molar refractivity (Wildman–Crippen MR) is 81.8 cm³/mol. The number of rotatable bonds is 7. The number of carboxylic acid groups (broad SMARTS) is 1. The van der Waals surface area contributed by atoms with Gasteiger partial charge in [-0.2, -0.15) is 0 Å². The van der Waals surface area contributed by atoms with Crippen molar-refractivity contribution in [3.8, 4) is 0 Å². The van der Waals surface area contributed by atoms with Crippen LogP contribution in [0.2, 0.25) is 0 Å². The van der Waals surface area contributed by atoms with Gasteiger partial charge in [0.15, 0.2) is 0 Å². The Balaban J connectivity index is 3.03. The molecule has 5 nitrogen and oxygen atoms in total. The summed E-state index contributed by atoms with van der Waals surface area (Å²) in [4.78, 5) is 11.6. The summed E-state index contributed by atoms with van der Waals surface area (Å²) in [7, 11) is -3.71. The molecule has 0 bridgehead atoms. The molecule has 1 rings (SSSR count). The molecule has 0 amide bonds. The van der Waals surface area contributed by atoms with Gasteiger partial charge in [-0.25, -0.2) is 13.1 Å². The van der Waals surface area contributed by atoms with E-state index in [2.05, 4.69) is 4.72 Å². The number of carboxylic acids is 1. The van der Waals surface area contributed by atoms with E-state index in [1.54, 1.807) is 26.0 Å². The molecule has 0 heterocycles. The SMILES string of the molecule is CCC(CC)(CNS(=O)(=O)c1cc(C)cc(C)c1)C(=O)O. The lowest BCUT2D eigenvalue weighted by molar-refractivity contribution is -0.149. The topological polar surface area (TPSA) is 83.5 Å². The molecule has 0 saturated heterocycles. The zero-order valence-corrected chi connectivity index (χ0v) is 13.8. The molecule has 118 valence electrons. The van der Waals surface area contributed by atoms with Gasteiger partial charge in [-0.15, -0.1) is 0 Å². The van der Waals surface area contributed by atoms with E-state index in [1.807, 2.05) is 19.9 Å². The van der Waals surface area contributed by atoms with Crippen molar-refractivity contribution >= 4 is 16.0 Å². The van der Waals surface area contributed by atoms with Gasteiger partial charge in [-0.1, -0.05) is 19.9 Å². The van der Waals surface area contributed by atoms with Gasteiger partial charge in [0.05, 0.1) is 10.3 Å². The highest BCUT2D eigenvalue weighted by atomic mass is 32.2. The van der Waals surface area contributed by atoms with E-state index < -0.39 is 21.4 Å². The minimum absolute atomic E-state index is 0.106. The van der Waals surface area contributed by atoms with Gasteiger partial charge in [0.1, 0.15) is 0 Å². The molecular formula is C15H23NO4S. The third-order valence-corrected chi connectivity index (χ3v) is 5.29. The van der Waals surface area contributed by atoms with Gasteiger partial charge in [0, 0.05) is 6.54 Å². The van der Waals surface area contributed by atoms with Crippen LogP contribution in [0, 0.1) is 19.3 Å². The van der Waals surface area contributed by atoms with Crippen LogP contribution in [0.3, 0.4) is 0 Å². The summed E-state index contributed by atoms with van der Waals surface area (Å²) in [5.74, 6) is -0.976. The average molecular weight is 313 g/mol. The molecule has 0 atom stereocenters. The van der Waals surface area contributed by atoms with Crippen molar-refractivity contribution in [2.45, 2.75) is 45.4 Å². The second-order valence-corrected chi connectivity index (χ2v) is 7.21. The van der Waals surface area contributed by atoms with Gasteiger partial charge in [-0.3, -0.25) is 4.79 Å². The van der Waals surface area contributed by atoms with E-state index in [9.17, 15) is 18.3 Å². The highest BCUT2D eigenvalue weighted by Crippen LogP contribution is 2.26. The summed E-state index contributed by atoms with van der Waals surface area (Å²) in [5, 5.41) is 9.34. The maximum Gasteiger partial charge on any atom is 0.310 e. The van der Waals surface area contributed by atoms with Gasteiger partial charge >= 0.3 is 5.97 Å². The first-order valence-electron chi connectivity index (χ1n) is 6.98. The number of hydrogen-bond donors (Lipinski definition) is 2. The van der Waals surface area contributed by atoms with Crippen LogP contribution >= 0.6 is 0 Å². The van der Waals surface area contributed by atoms with E-state index in [-0.39, 0.29) is 11.4 Å². The van der Waals surface area contributed by atoms with Crippen LogP contribution < -0.4 is 4.72 Å². The maximum absolute atomic E-state index is 12.3. The summed E-state index contributed by atoms with van der Waals surface area (Å²) in [6.45, 7) is 7.05. The molecule has 0 saturated carbocycles. The normalized spacial score (nSPS) is 12.4. The van der Waals surface area contributed by atoms with E-state index >= 15 is 0 Å². The lowest BCUT2D eigenvalue weighted by Gasteiger charge is -2.26. The Morgan fingerprint density at radius 2 is 1.62 bits per heavy atom. The third-order valence-electron chi connectivity index (χ3n) is 3.91. The van der Waals surface area contributed by atoms with Gasteiger partial charge in [0.25, 0.3) is 0 Å². The first-order valence-corrected chi connectivity index (χ1v) is 8.46. The summed E-state index contributed by atoms with van der Waals surface area (Å²) < 4.78 is 27.1. The van der Waals surface area contributed by atoms with Crippen LogP contribution in [0.1, 0.15) is 37.8 Å². The van der Waals surface area contributed by atoms with Crippen molar-refractivity contribution in [3.63, 3.8) is 0 Å². The van der Waals surface area contributed by atoms with Crippen LogP contribution in [-0.2, 0) is 14.8 Å². The maximum atomic E-state index is 12.3. The van der Waals surface area contributed by atoms with Gasteiger partial charge < -0.3 is 5.11 Å². The van der Waals surface area contributed by atoms with Crippen molar-refractivity contribution < 1.29 is 18.3 Å². The second-order valence-electron chi connectivity index (χ2n) is 5.44. The highest BCUT2D eigenvalue weighted by molar-refractivity contribution is 7.89. The van der Waals surface area contributed by atoms with Gasteiger partial charge in [0.2, 0.25) is 10.0 Å². The predicted octanol–water partition coefficient (Wildman–Crippen LogP) is 2.47. The van der Waals surface area contributed by atoms with Crippen molar-refractivity contribution in [1.82, 2.24) is 4.72 Å². The Hall–Kier alpha value is -1.40. The van der Waals surface area contributed by atoms with Crippen molar-refractivity contribution in [2.75, 3.05) is 6.54 Å². The minimum atomic E-state index is -3.71. The fraction of sp³-hybridized carbons (Fsp3) is 0.533. The molecule has 1 aromatic rings. The van der Waals surface area contributed by atoms with E-state index in [0.717, 1.165) is 11.1 Å². The minimum Gasteiger partial charge on any atom is -0.481 e. The molecule has 0 aliphatic heterocycles. The zero-order valence-electron chi connectivity index (χ0n) is 12.9. The molecule has 0 aromatic heterocycles. The Morgan fingerprint density at radius 1 is 1.14 bits per heavy atom. The number of sulfonamides is 1. The molecule has 0 aliphatic rings. The number of aliphatic carboxylic acids is 1. The lowest BCUT2D eigenvalue weighted by atomic mass is 9.83. The standard InChI is InChI=1S/C15H23NO4S/c1-5-15(6-2,14(17)18)10-16-21(19,20)13-8-11(3)7-12(4)9-13/h7-9,16H,5-6,10H2,1-4H3,(H,17,18). The molecule has 0 radical (unpaired) electrons. The number of benzene rings is 1. The molecule has 0 spiro atoms. The Kier molecular flexibility index (Phi) is 5.53. The average Bonchev–Trinajstić information content (AvgIpc) is 2.39. The van der Waals surface area contributed by atoms with Crippen LogP contribution in [0.25, 0.3) is 0 Å². The molecule has 21 heavy (non-hydrogen) atoms. The molecular weight excluding hydrogens is 290 g/mol. The number of carbonyl (C=O) groups is 1. The van der Waals surface area contributed by atoms with Crippen LogP contribution in [0.4, 0.5) is 0 Å². The highest BCUT2D eigenvalue weighted by Gasteiger charge is 2.36. The summed E-state index contributed by atoms with van der Waals surface area (Å²) >= 11 is 0. The van der Waals surface area contributed by atoms with Crippen molar-refractivity contribution in [2.24, 2.45) is 5.41 Å². The molecule has 0 fully saturated rings. The monoisotopic (exact) mass is 313 g/mol. The van der Waals surface area contributed by atoms with E-state index in [4.69, 9.17) is 0 Å². The van der Waals surface area contributed by atoms with E-state index in [1.165, 1.54) is 0 Å². The van der Waals surface area contributed by atoms with Crippen LogP contribution in [0.15, 0.2) is 23.1 Å². The fourth-order valence-electron chi connectivity index (χ4n) is 2.28. The summed E-state index contributed by atoms with van der Waals surface area (Å²) in [6, 6.07) is 5.05. The lowest BCUT2D eigenvalue weighted by Crippen LogP contribution is -2.42. The largest absolute Gasteiger partial charge is 0.481 e. The second kappa shape index (κ2) is 6.58. The number of nitrogens with one attached hydrogen (secondary N) is 1. The third kappa shape index (κ3) is 4.04. The Bertz CT molecular complexity index is 598. The Labute approximate surface area is 126 Å². The van der Waals surface area contributed by atoms with Gasteiger partial charge in [-0.05, 0) is 49.9 Å². The first kappa shape index (κ1) is 17.7. The van der Waals surface area contributed by atoms with Crippen LogP contribution in [-0.4, -0.2) is 26.0 Å². The zero-order chi connectivity index (χ0) is 16.3. The van der Waals surface area contributed by atoms with Crippen molar-refractivity contribution in [1.29, 1.82) is 0 Å². The van der Waals surface area contributed by atoms with E-state index in [0.29, 0.717) is 12.8 Å². The molecule has 1 aromatic carbocycles.